The zero-order valence-electron chi connectivity index (χ0n) is 11.8. The van der Waals surface area contributed by atoms with Gasteiger partial charge in [0.1, 0.15) is 0 Å². The number of aromatic nitrogens is 4. The molecule has 0 N–H and O–H groups in total. The Labute approximate surface area is 140 Å². The fraction of sp³-hybridized carbons (Fsp3) is 0.133. The van der Waals surface area contributed by atoms with Crippen molar-refractivity contribution in [1.82, 2.24) is 20.2 Å². The molecular weight excluding hydrogens is 338 g/mol. The summed E-state index contributed by atoms with van der Waals surface area (Å²) in [6.45, 7) is 0. The number of halogens is 2. The average molecular weight is 350 g/mol. The van der Waals surface area contributed by atoms with Gasteiger partial charge < -0.3 is 0 Å². The molecule has 0 atom stereocenters. The maximum Gasteiger partial charge on any atom is 0.288 e. The van der Waals surface area contributed by atoms with Gasteiger partial charge in [-0.2, -0.15) is 13.5 Å². The van der Waals surface area contributed by atoms with E-state index < -0.39 is 5.76 Å². The smallest absolute Gasteiger partial charge is 0.198 e. The normalized spacial score (nSPS) is 11.1. The molecule has 0 radical (unpaired) electrons. The van der Waals surface area contributed by atoms with Crippen molar-refractivity contribution in [3.8, 4) is 5.69 Å². The largest absolute Gasteiger partial charge is 0.288 e. The van der Waals surface area contributed by atoms with Crippen LogP contribution in [0.25, 0.3) is 5.69 Å². The molecule has 0 fully saturated rings. The van der Waals surface area contributed by atoms with Gasteiger partial charge >= 0.3 is 0 Å². The van der Waals surface area contributed by atoms with Crippen molar-refractivity contribution in [2.75, 3.05) is 0 Å². The molecule has 0 bridgehead atoms. The molecule has 118 valence electrons. The molecule has 23 heavy (non-hydrogen) atoms. The average Bonchev–Trinajstić information content (AvgIpc) is 3.03. The van der Waals surface area contributed by atoms with E-state index in [4.69, 9.17) is 0 Å². The molecule has 0 amide bonds. The summed E-state index contributed by atoms with van der Waals surface area (Å²) in [6, 6.07) is 16.7. The number of tetrazole rings is 1. The van der Waals surface area contributed by atoms with Gasteiger partial charge in [-0.1, -0.05) is 53.9 Å². The second-order valence-electron chi connectivity index (χ2n) is 4.52. The molecular formula is C15H12F2N4S2. The molecule has 0 saturated heterocycles. The molecule has 0 aliphatic carbocycles. The van der Waals surface area contributed by atoms with Crippen LogP contribution in [0.5, 0.6) is 0 Å². The highest BCUT2D eigenvalue weighted by Gasteiger charge is 2.09. The fourth-order valence-corrected chi connectivity index (χ4v) is 3.26. The first-order chi connectivity index (χ1) is 11.2. The molecule has 0 unspecified atom stereocenters. The van der Waals surface area contributed by atoms with E-state index in [2.05, 4.69) is 15.5 Å². The lowest BCUT2D eigenvalue weighted by atomic mass is 10.2. The number of rotatable bonds is 6. The fourth-order valence-electron chi connectivity index (χ4n) is 1.92. The van der Waals surface area contributed by atoms with Crippen molar-refractivity contribution in [1.29, 1.82) is 0 Å². The Balaban J connectivity index is 1.66. The minimum absolute atomic E-state index is 0.546. The molecule has 1 heterocycles. The summed E-state index contributed by atoms with van der Waals surface area (Å²) in [4.78, 5) is 0.558. The van der Waals surface area contributed by atoms with Crippen LogP contribution in [0.3, 0.4) is 0 Å². The van der Waals surface area contributed by atoms with Gasteiger partial charge in [0.15, 0.2) is 0 Å². The van der Waals surface area contributed by atoms with Crippen molar-refractivity contribution in [2.45, 2.75) is 21.6 Å². The number of alkyl halides is 2. The number of hydrogen-bond donors (Lipinski definition) is 0. The minimum atomic E-state index is -2.40. The Morgan fingerprint density at radius 2 is 1.74 bits per heavy atom. The van der Waals surface area contributed by atoms with Crippen molar-refractivity contribution >= 4 is 23.5 Å². The lowest BCUT2D eigenvalue weighted by molar-refractivity contribution is 0.252. The van der Waals surface area contributed by atoms with Crippen LogP contribution >= 0.6 is 23.5 Å². The maximum absolute atomic E-state index is 12.3. The molecule has 8 heteroatoms. The van der Waals surface area contributed by atoms with E-state index >= 15 is 0 Å². The molecule has 0 aliphatic rings. The molecule has 2 aromatic carbocycles. The van der Waals surface area contributed by atoms with Crippen LogP contribution in [0, 0.1) is 0 Å². The van der Waals surface area contributed by atoms with Crippen molar-refractivity contribution in [2.24, 2.45) is 0 Å². The summed E-state index contributed by atoms with van der Waals surface area (Å²) < 4.78 is 26.3. The van der Waals surface area contributed by atoms with E-state index in [0.717, 1.165) is 11.3 Å². The first kappa shape index (κ1) is 15.9. The van der Waals surface area contributed by atoms with Crippen LogP contribution in [0.1, 0.15) is 5.56 Å². The van der Waals surface area contributed by atoms with E-state index in [9.17, 15) is 8.78 Å². The van der Waals surface area contributed by atoms with Crippen LogP contribution in [0.15, 0.2) is 64.6 Å². The van der Waals surface area contributed by atoms with Gasteiger partial charge in [0.05, 0.1) is 5.69 Å². The van der Waals surface area contributed by atoms with E-state index in [1.165, 1.54) is 11.8 Å². The van der Waals surface area contributed by atoms with Crippen LogP contribution in [0.4, 0.5) is 8.78 Å². The summed E-state index contributed by atoms with van der Waals surface area (Å²) in [6.07, 6.45) is 0. The predicted molar refractivity (Wildman–Crippen MR) is 87.0 cm³/mol. The van der Waals surface area contributed by atoms with Gasteiger partial charge in [0.2, 0.25) is 5.16 Å². The van der Waals surface area contributed by atoms with Gasteiger partial charge in [-0.15, -0.1) is 5.10 Å². The Hall–Kier alpha value is -1.93. The monoisotopic (exact) mass is 350 g/mol. The third-order valence-electron chi connectivity index (χ3n) is 2.96. The number of benzene rings is 2. The minimum Gasteiger partial charge on any atom is -0.198 e. The lowest BCUT2D eigenvalue weighted by Crippen LogP contribution is -1.98. The zero-order valence-corrected chi connectivity index (χ0v) is 13.5. The Morgan fingerprint density at radius 1 is 1.00 bits per heavy atom. The van der Waals surface area contributed by atoms with Crippen LogP contribution in [-0.2, 0) is 5.75 Å². The van der Waals surface area contributed by atoms with Gasteiger partial charge in [-0.3, -0.25) is 0 Å². The lowest BCUT2D eigenvalue weighted by Gasteiger charge is -2.05. The molecule has 0 saturated carbocycles. The maximum atomic E-state index is 12.3. The molecule has 4 nitrogen and oxygen atoms in total. The highest BCUT2D eigenvalue weighted by atomic mass is 32.2. The van der Waals surface area contributed by atoms with E-state index in [0.29, 0.717) is 27.6 Å². The first-order valence-corrected chi connectivity index (χ1v) is 8.59. The van der Waals surface area contributed by atoms with Gasteiger partial charge in [-0.05, 0) is 40.3 Å². The number of hydrogen-bond acceptors (Lipinski definition) is 5. The van der Waals surface area contributed by atoms with Crippen LogP contribution in [-0.4, -0.2) is 26.0 Å². The molecule has 1 aromatic heterocycles. The second kappa shape index (κ2) is 7.56. The molecule has 0 aliphatic heterocycles. The quantitative estimate of drug-likeness (QED) is 0.621. The highest BCUT2D eigenvalue weighted by Crippen LogP contribution is 2.27. The van der Waals surface area contributed by atoms with Crippen LogP contribution < -0.4 is 0 Å². The Morgan fingerprint density at radius 3 is 2.43 bits per heavy atom. The van der Waals surface area contributed by atoms with Gasteiger partial charge in [0.25, 0.3) is 5.76 Å². The Kier molecular flexibility index (Phi) is 5.24. The predicted octanol–water partition coefficient (Wildman–Crippen LogP) is 4.27. The summed E-state index contributed by atoms with van der Waals surface area (Å²) in [5.41, 5.74) is 1.92. The SMILES string of the molecule is FC(F)Sc1ccc(CSc2nnnn2-c2ccccc2)cc1. The highest BCUT2D eigenvalue weighted by molar-refractivity contribution is 7.99. The van der Waals surface area contributed by atoms with Gasteiger partial charge in [0, 0.05) is 10.6 Å². The topological polar surface area (TPSA) is 43.6 Å². The van der Waals surface area contributed by atoms with Crippen molar-refractivity contribution in [3.05, 3.63) is 60.2 Å². The molecule has 0 spiro atoms. The summed E-state index contributed by atoms with van der Waals surface area (Å²) in [7, 11) is 0. The van der Waals surface area contributed by atoms with Crippen molar-refractivity contribution in [3.63, 3.8) is 0 Å². The summed E-state index contributed by atoms with van der Waals surface area (Å²) >= 11 is 2.04. The summed E-state index contributed by atoms with van der Waals surface area (Å²) in [5, 5.41) is 12.4. The number of para-hydroxylation sites is 1. The van der Waals surface area contributed by atoms with Crippen molar-refractivity contribution < 1.29 is 8.78 Å². The van der Waals surface area contributed by atoms with E-state index in [1.54, 1.807) is 16.8 Å². The van der Waals surface area contributed by atoms with E-state index in [-0.39, 0.29) is 0 Å². The first-order valence-electron chi connectivity index (χ1n) is 6.73. The Bertz CT molecular complexity index is 748. The molecule has 3 rings (SSSR count). The van der Waals surface area contributed by atoms with E-state index in [1.807, 2.05) is 42.5 Å². The molecule has 3 aromatic rings. The second-order valence-corrected chi connectivity index (χ2v) is 6.53. The van der Waals surface area contributed by atoms with Gasteiger partial charge in [-0.25, -0.2) is 0 Å². The third-order valence-corrected chi connectivity index (χ3v) is 4.67. The zero-order chi connectivity index (χ0) is 16.1. The standard InChI is InChI=1S/C15H12F2N4S2/c16-14(17)23-13-8-6-11(7-9-13)10-22-15-18-19-20-21(15)12-4-2-1-3-5-12/h1-9,14H,10H2. The number of thioether (sulfide) groups is 2. The summed E-state index contributed by atoms with van der Waals surface area (Å²) in [5.74, 6) is -1.74. The van der Waals surface area contributed by atoms with Crippen LogP contribution in [0.2, 0.25) is 0 Å². The third kappa shape index (κ3) is 4.29. The number of nitrogens with zero attached hydrogens (tertiary/aromatic N) is 4.